The highest BCUT2D eigenvalue weighted by Gasteiger charge is 2.21. The van der Waals surface area contributed by atoms with Crippen LogP contribution in [0.5, 0.6) is 0 Å². The molecular weight excluding hydrogens is 284 g/mol. The molecule has 0 aliphatic carbocycles. The van der Waals surface area contributed by atoms with Crippen LogP contribution >= 0.6 is 11.3 Å². The Morgan fingerprint density at radius 2 is 2.38 bits per heavy atom. The predicted octanol–water partition coefficient (Wildman–Crippen LogP) is 1.65. The van der Waals surface area contributed by atoms with Crippen molar-refractivity contribution in [2.75, 3.05) is 0 Å². The quantitative estimate of drug-likeness (QED) is 0.796. The van der Waals surface area contributed by atoms with Gasteiger partial charge in [-0.25, -0.2) is 14.6 Å². The van der Waals surface area contributed by atoms with E-state index in [0.717, 1.165) is 54.7 Å². The van der Waals surface area contributed by atoms with Gasteiger partial charge in [-0.1, -0.05) is 6.92 Å². The maximum atomic E-state index is 4.60. The van der Waals surface area contributed by atoms with Crippen molar-refractivity contribution in [2.45, 2.75) is 45.3 Å². The third-order valence-electron chi connectivity index (χ3n) is 3.93. The zero-order chi connectivity index (χ0) is 14.2. The van der Waals surface area contributed by atoms with Crippen LogP contribution in [0.3, 0.4) is 0 Å². The molecule has 1 aliphatic rings. The van der Waals surface area contributed by atoms with Crippen molar-refractivity contribution < 1.29 is 0 Å². The average Bonchev–Trinajstić information content (AvgIpc) is 3.17. The number of aromatic nitrogens is 5. The van der Waals surface area contributed by atoms with E-state index in [1.165, 1.54) is 0 Å². The highest BCUT2D eigenvalue weighted by molar-refractivity contribution is 7.15. The lowest BCUT2D eigenvalue weighted by atomic mass is 10.1. The molecule has 21 heavy (non-hydrogen) atoms. The van der Waals surface area contributed by atoms with Crippen molar-refractivity contribution in [1.82, 2.24) is 29.5 Å². The lowest BCUT2D eigenvalue weighted by Gasteiger charge is -2.23. The molecule has 0 spiro atoms. The van der Waals surface area contributed by atoms with Crippen LogP contribution in [0.2, 0.25) is 0 Å². The number of imidazole rings is 1. The van der Waals surface area contributed by atoms with E-state index in [0.29, 0.717) is 6.04 Å². The van der Waals surface area contributed by atoms with Crippen molar-refractivity contribution >= 4 is 16.3 Å². The molecule has 4 heterocycles. The highest BCUT2D eigenvalue weighted by atomic mass is 32.1. The van der Waals surface area contributed by atoms with E-state index in [2.05, 4.69) is 48.0 Å². The first kappa shape index (κ1) is 13.0. The SMILES string of the molecule is CCc1nc2n(n1)C[C@@H](NCc1cn3ccsc3n1)CC2. The van der Waals surface area contributed by atoms with Crippen LogP contribution in [-0.2, 0) is 25.9 Å². The molecule has 7 heteroatoms. The Hall–Kier alpha value is -1.73. The molecule has 0 amide bonds. The lowest BCUT2D eigenvalue weighted by Crippen LogP contribution is -2.37. The molecule has 0 aromatic carbocycles. The van der Waals surface area contributed by atoms with Crippen LogP contribution in [-0.4, -0.2) is 30.2 Å². The Labute approximate surface area is 126 Å². The molecular formula is C14H18N6S. The molecule has 1 atom stereocenters. The maximum Gasteiger partial charge on any atom is 0.193 e. The number of hydrogen-bond acceptors (Lipinski definition) is 5. The second-order valence-corrected chi connectivity index (χ2v) is 6.29. The molecule has 0 unspecified atom stereocenters. The van der Waals surface area contributed by atoms with Crippen molar-refractivity contribution in [3.8, 4) is 0 Å². The van der Waals surface area contributed by atoms with Crippen LogP contribution in [0.4, 0.5) is 0 Å². The summed E-state index contributed by atoms with van der Waals surface area (Å²) in [5, 5.41) is 10.2. The average molecular weight is 302 g/mol. The Morgan fingerprint density at radius 1 is 1.43 bits per heavy atom. The van der Waals surface area contributed by atoms with E-state index in [1.54, 1.807) is 11.3 Å². The van der Waals surface area contributed by atoms with E-state index in [-0.39, 0.29) is 0 Å². The number of aryl methyl sites for hydroxylation is 2. The van der Waals surface area contributed by atoms with Crippen LogP contribution in [0.1, 0.15) is 30.7 Å². The number of thiazole rings is 1. The smallest absolute Gasteiger partial charge is 0.193 e. The minimum Gasteiger partial charge on any atom is -0.306 e. The summed E-state index contributed by atoms with van der Waals surface area (Å²) in [6, 6.07) is 0.448. The standard InChI is InChI=1S/C14H18N6S/c1-2-12-17-13-4-3-10(9-20(13)18-12)15-7-11-8-19-5-6-21-14(19)16-11/h5-6,8,10,15H,2-4,7,9H2,1H3/t10-/m0/s1. The normalized spacial score (nSPS) is 18.2. The van der Waals surface area contributed by atoms with Gasteiger partial charge in [0.15, 0.2) is 10.8 Å². The molecule has 0 saturated heterocycles. The second kappa shape index (κ2) is 5.23. The van der Waals surface area contributed by atoms with Crippen molar-refractivity contribution in [3.05, 3.63) is 35.1 Å². The summed E-state index contributed by atoms with van der Waals surface area (Å²) >= 11 is 1.67. The Balaban J connectivity index is 1.40. The van der Waals surface area contributed by atoms with Crippen molar-refractivity contribution in [1.29, 1.82) is 0 Å². The van der Waals surface area contributed by atoms with E-state index in [4.69, 9.17) is 0 Å². The minimum atomic E-state index is 0.448. The van der Waals surface area contributed by atoms with Gasteiger partial charge in [0.1, 0.15) is 5.82 Å². The molecule has 0 fully saturated rings. The minimum absolute atomic E-state index is 0.448. The fraction of sp³-hybridized carbons (Fsp3) is 0.500. The van der Waals surface area contributed by atoms with Gasteiger partial charge in [-0.2, -0.15) is 5.10 Å². The maximum absolute atomic E-state index is 4.60. The molecule has 0 radical (unpaired) electrons. The molecule has 1 aliphatic heterocycles. The zero-order valence-electron chi connectivity index (χ0n) is 12.0. The van der Waals surface area contributed by atoms with E-state index >= 15 is 0 Å². The van der Waals surface area contributed by atoms with Crippen LogP contribution in [0.15, 0.2) is 17.8 Å². The van der Waals surface area contributed by atoms with Gasteiger partial charge >= 0.3 is 0 Å². The fourth-order valence-electron chi connectivity index (χ4n) is 2.79. The topological polar surface area (TPSA) is 60.0 Å². The van der Waals surface area contributed by atoms with Gasteiger partial charge in [-0.05, 0) is 6.42 Å². The summed E-state index contributed by atoms with van der Waals surface area (Å²) in [5.41, 5.74) is 1.10. The highest BCUT2D eigenvalue weighted by Crippen LogP contribution is 2.15. The first-order chi connectivity index (χ1) is 10.3. The third-order valence-corrected chi connectivity index (χ3v) is 4.70. The third kappa shape index (κ3) is 2.47. The summed E-state index contributed by atoms with van der Waals surface area (Å²) < 4.78 is 4.14. The summed E-state index contributed by atoms with van der Waals surface area (Å²) in [4.78, 5) is 10.2. The largest absolute Gasteiger partial charge is 0.306 e. The van der Waals surface area contributed by atoms with Gasteiger partial charge in [0, 0.05) is 43.2 Å². The molecule has 6 nitrogen and oxygen atoms in total. The molecule has 110 valence electrons. The molecule has 0 saturated carbocycles. The zero-order valence-corrected chi connectivity index (χ0v) is 12.8. The van der Waals surface area contributed by atoms with Gasteiger partial charge in [0.05, 0.1) is 12.2 Å². The molecule has 4 rings (SSSR count). The van der Waals surface area contributed by atoms with Gasteiger partial charge in [-0.3, -0.25) is 4.40 Å². The summed E-state index contributed by atoms with van der Waals surface area (Å²) in [6.45, 7) is 3.82. The summed E-state index contributed by atoms with van der Waals surface area (Å²) in [7, 11) is 0. The summed E-state index contributed by atoms with van der Waals surface area (Å²) in [5.74, 6) is 2.09. The first-order valence-corrected chi connectivity index (χ1v) is 8.27. The number of nitrogens with one attached hydrogen (secondary N) is 1. The predicted molar refractivity (Wildman–Crippen MR) is 81.4 cm³/mol. The first-order valence-electron chi connectivity index (χ1n) is 7.39. The Morgan fingerprint density at radius 3 is 3.24 bits per heavy atom. The van der Waals surface area contributed by atoms with Crippen LogP contribution in [0.25, 0.3) is 4.96 Å². The van der Waals surface area contributed by atoms with Gasteiger partial charge in [0.25, 0.3) is 0 Å². The van der Waals surface area contributed by atoms with E-state index in [1.807, 2.05) is 6.20 Å². The molecule has 0 bridgehead atoms. The van der Waals surface area contributed by atoms with Crippen molar-refractivity contribution in [2.24, 2.45) is 0 Å². The van der Waals surface area contributed by atoms with Crippen LogP contribution < -0.4 is 5.32 Å². The number of nitrogens with zero attached hydrogens (tertiary/aromatic N) is 5. The number of rotatable bonds is 4. The monoisotopic (exact) mass is 302 g/mol. The van der Waals surface area contributed by atoms with E-state index < -0.39 is 0 Å². The Bertz CT molecular complexity index is 726. The second-order valence-electron chi connectivity index (χ2n) is 5.42. The molecule has 3 aromatic rings. The molecule has 1 N–H and O–H groups in total. The van der Waals surface area contributed by atoms with Gasteiger partial charge in [-0.15, -0.1) is 11.3 Å². The van der Waals surface area contributed by atoms with Gasteiger partial charge < -0.3 is 5.32 Å². The van der Waals surface area contributed by atoms with Gasteiger partial charge in [0.2, 0.25) is 0 Å². The summed E-state index contributed by atoms with van der Waals surface area (Å²) in [6.07, 6.45) is 7.17. The number of fused-ring (bicyclic) bond motifs is 2. The Kier molecular flexibility index (Phi) is 3.23. The lowest BCUT2D eigenvalue weighted by molar-refractivity contribution is 0.356. The van der Waals surface area contributed by atoms with E-state index in [9.17, 15) is 0 Å². The number of hydrogen-bond donors (Lipinski definition) is 1. The van der Waals surface area contributed by atoms with Crippen molar-refractivity contribution in [3.63, 3.8) is 0 Å². The van der Waals surface area contributed by atoms with Crippen LogP contribution in [0, 0.1) is 0 Å². The molecule has 3 aromatic heterocycles. The fourth-order valence-corrected chi connectivity index (χ4v) is 3.51.